The van der Waals surface area contributed by atoms with Gasteiger partial charge in [0.25, 0.3) is 0 Å². The summed E-state index contributed by atoms with van der Waals surface area (Å²) in [5.74, 6) is 0.854. The second kappa shape index (κ2) is 7.47. The van der Waals surface area contributed by atoms with Gasteiger partial charge in [-0.2, -0.15) is 0 Å². The van der Waals surface area contributed by atoms with Crippen molar-refractivity contribution in [2.24, 2.45) is 0 Å². The first kappa shape index (κ1) is 19.2. The minimum Gasteiger partial charge on any atom is -0.368 e. The Kier molecular flexibility index (Phi) is 4.78. The molecule has 2 fully saturated rings. The Hall–Kier alpha value is -2.79. The lowest BCUT2D eigenvalue weighted by Crippen LogP contribution is -2.51. The molecule has 0 atom stereocenters. The zero-order valence-corrected chi connectivity index (χ0v) is 17.7. The number of carbonyl (C=O) groups excluding carboxylic acids is 1. The molecule has 0 N–H and O–H groups in total. The number of aryl methyl sites for hydroxylation is 1. The van der Waals surface area contributed by atoms with Crippen molar-refractivity contribution in [3.8, 4) is 11.3 Å². The Morgan fingerprint density at radius 3 is 2.43 bits per heavy atom. The second-order valence-electron chi connectivity index (χ2n) is 8.28. The fourth-order valence-electron chi connectivity index (χ4n) is 4.25. The molecule has 1 saturated carbocycles. The minimum absolute atomic E-state index is 0.183. The molecule has 0 unspecified atom stereocenters. The number of amides is 1. The summed E-state index contributed by atoms with van der Waals surface area (Å²) < 4.78 is 5.57. The topological polar surface area (TPSA) is 49.6 Å². The predicted molar refractivity (Wildman–Crippen MR) is 118 cm³/mol. The first-order valence-corrected chi connectivity index (χ1v) is 10.8. The number of aromatic nitrogens is 1. The van der Waals surface area contributed by atoms with E-state index in [0.717, 1.165) is 50.3 Å². The van der Waals surface area contributed by atoms with Gasteiger partial charge in [-0.3, -0.25) is 4.79 Å². The quantitative estimate of drug-likeness (QED) is 0.613. The summed E-state index contributed by atoms with van der Waals surface area (Å²) >= 11 is 5.97. The summed E-state index contributed by atoms with van der Waals surface area (Å²) in [5, 5.41) is 4.95. The molecule has 1 aliphatic carbocycles. The summed E-state index contributed by atoms with van der Waals surface area (Å²) in [7, 11) is 0. The van der Waals surface area contributed by atoms with Crippen LogP contribution in [0.1, 0.15) is 24.1 Å². The summed E-state index contributed by atoms with van der Waals surface area (Å²) in [6, 6.07) is 17.9. The van der Waals surface area contributed by atoms with Crippen molar-refractivity contribution in [3.05, 3.63) is 70.9 Å². The van der Waals surface area contributed by atoms with Crippen LogP contribution in [0, 0.1) is 6.92 Å². The number of hydrogen-bond donors (Lipinski definition) is 0. The Balaban J connectivity index is 1.28. The molecule has 30 heavy (non-hydrogen) atoms. The van der Waals surface area contributed by atoms with Crippen molar-refractivity contribution in [3.63, 3.8) is 0 Å². The van der Waals surface area contributed by atoms with Gasteiger partial charge in [0.15, 0.2) is 5.76 Å². The van der Waals surface area contributed by atoms with Crippen molar-refractivity contribution in [1.82, 2.24) is 10.1 Å². The SMILES string of the molecule is Cc1cccc(N2CCN(C(=O)C3(c4cc(-c5ccc(Cl)cc5)on4)CC3)CC2)c1. The molecule has 0 bridgehead atoms. The first-order valence-electron chi connectivity index (χ1n) is 10.4. The maximum Gasteiger partial charge on any atom is 0.235 e. The molecule has 3 aromatic rings. The maximum absolute atomic E-state index is 13.4. The average Bonchev–Trinajstić information content (AvgIpc) is 3.43. The average molecular weight is 422 g/mol. The van der Waals surface area contributed by atoms with Crippen LogP contribution < -0.4 is 4.90 Å². The molecule has 2 aromatic carbocycles. The lowest BCUT2D eigenvalue weighted by Gasteiger charge is -2.37. The molecule has 1 amide bonds. The van der Waals surface area contributed by atoms with Gasteiger partial charge < -0.3 is 14.3 Å². The van der Waals surface area contributed by atoms with Gasteiger partial charge in [-0.1, -0.05) is 28.9 Å². The fraction of sp³-hybridized carbons (Fsp3) is 0.333. The van der Waals surface area contributed by atoms with E-state index in [9.17, 15) is 4.79 Å². The molecular weight excluding hydrogens is 398 g/mol. The molecular formula is C24H24ClN3O2. The van der Waals surface area contributed by atoms with Crippen LogP contribution in [-0.4, -0.2) is 42.1 Å². The molecule has 2 aliphatic rings. The van der Waals surface area contributed by atoms with Gasteiger partial charge in [0, 0.05) is 48.5 Å². The van der Waals surface area contributed by atoms with E-state index in [0.29, 0.717) is 10.8 Å². The molecule has 0 spiro atoms. The third-order valence-corrected chi connectivity index (χ3v) is 6.47. The molecule has 2 heterocycles. The van der Waals surface area contributed by atoms with E-state index >= 15 is 0 Å². The fourth-order valence-corrected chi connectivity index (χ4v) is 4.38. The van der Waals surface area contributed by atoms with E-state index in [2.05, 4.69) is 41.2 Å². The highest BCUT2D eigenvalue weighted by atomic mass is 35.5. The van der Waals surface area contributed by atoms with Crippen molar-refractivity contribution < 1.29 is 9.32 Å². The number of nitrogens with zero attached hydrogens (tertiary/aromatic N) is 3. The van der Waals surface area contributed by atoms with Crippen molar-refractivity contribution in [2.75, 3.05) is 31.1 Å². The van der Waals surface area contributed by atoms with Gasteiger partial charge in [-0.15, -0.1) is 0 Å². The van der Waals surface area contributed by atoms with Crippen LogP contribution in [0.2, 0.25) is 5.02 Å². The predicted octanol–water partition coefficient (Wildman–Crippen LogP) is 4.68. The van der Waals surface area contributed by atoms with E-state index in [1.807, 2.05) is 35.2 Å². The molecule has 1 saturated heterocycles. The third kappa shape index (κ3) is 3.47. The summed E-state index contributed by atoms with van der Waals surface area (Å²) in [6.07, 6.45) is 1.66. The van der Waals surface area contributed by atoms with E-state index in [1.165, 1.54) is 11.3 Å². The summed E-state index contributed by atoms with van der Waals surface area (Å²) in [5.41, 5.74) is 3.63. The molecule has 1 aromatic heterocycles. The van der Waals surface area contributed by atoms with Crippen LogP contribution in [0.25, 0.3) is 11.3 Å². The van der Waals surface area contributed by atoms with Crippen molar-refractivity contribution in [1.29, 1.82) is 0 Å². The van der Waals surface area contributed by atoms with Crippen molar-refractivity contribution >= 4 is 23.2 Å². The monoisotopic (exact) mass is 421 g/mol. The van der Waals surface area contributed by atoms with Gasteiger partial charge in [0.1, 0.15) is 0 Å². The Morgan fingerprint density at radius 2 is 1.77 bits per heavy atom. The van der Waals surface area contributed by atoms with E-state index in [1.54, 1.807) is 0 Å². The summed E-state index contributed by atoms with van der Waals surface area (Å²) in [4.78, 5) is 17.7. The lowest BCUT2D eigenvalue weighted by molar-refractivity contribution is -0.134. The highest BCUT2D eigenvalue weighted by Gasteiger charge is 2.55. The van der Waals surface area contributed by atoms with Crippen molar-refractivity contribution in [2.45, 2.75) is 25.2 Å². The molecule has 5 nitrogen and oxygen atoms in total. The Bertz CT molecular complexity index is 1060. The number of piperazine rings is 1. The molecule has 5 rings (SSSR count). The van der Waals surface area contributed by atoms with Crippen LogP contribution in [0.5, 0.6) is 0 Å². The van der Waals surface area contributed by atoms with E-state index < -0.39 is 5.41 Å². The van der Waals surface area contributed by atoms with Crippen LogP contribution >= 0.6 is 11.6 Å². The third-order valence-electron chi connectivity index (χ3n) is 6.22. The number of halogens is 1. The number of anilines is 1. The standard InChI is InChI=1S/C24H24ClN3O2/c1-17-3-2-4-20(15-17)27-11-13-28(14-12-27)23(29)24(9-10-24)22-16-21(30-26-22)18-5-7-19(25)8-6-18/h2-8,15-16H,9-14H2,1H3. The normalized spacial score (nSPS) is 17.8. The number of carbonyl (C=O) groups is 1. The van der Waals surface area contributed by atoms with Crippen LogP contribution in [0.15, 0.2) is 59.1 Å². The van der Waals surface area contributed by atoms with Gasteiger partial charge in [-0.05, 0) is 61.7 Å². The molecule has 6 heteroatoms. The van der Waals surface area contributed by atoms with E-state index in [4.69, 9.17) is 16.1 Å². The second-order valence-corrected chi connectivity index (χ2v) is 8.72. The van der Waals surface area contributed by atoms with Gasteiger partial charge in [0.2, 0.25) is 5.91 Å². The van der Waals surface area contributed by atoms with Crippen LogP contribution in [-0.2, 0) is 10.2 Å². The molecule has 154 valence electrons. The van der Waals surface area contributed by atoms with Gasteiger partial charge >= 0.3 is 0 Å². The Labute approximate surface area is 181 Å². The smallest absolute Gasteiger partial charge is 0.235 e. The van der Waals surface area contributed by atoms with Gasteiger partial charge in [-0.25, -0.2) is 0 Å². The lowest BCUT2D eigenvalue weighted by atomic mass is 9.99. The highest BCUT2D eigenvalue weighted by molar-refractivity contribution is 6.30. The van der Waals surface area contributed by atoms with Crippen LogP contribution in [0.4, 0.5) is 5.69 Å². The van der Waals surface area contributed by atoms with Gasteiger partial charge in [0.05, 0.1) is 11.1 Å². The molecule has 0 radical (unpaired) electrons. The zero-order chi connectivity index (χ0) is 20.7. The molecule has 1 aliphatic heterocycles. The summed E-state index contributed by atoms with van der Waals surface area (Å²) in [6.45, 7) is 5.27. The minimum atomic E-state index is -0.514. The Morgan fingerprint density at radius 1 is 1.03 bits per heavy atom. The zero-order valence-electron chi connectivity index (χ0n) is 17.0. The largest absolute Gasteiger partial charge is 0.368 e. The number of benzene rings is 2. The number of hydrogen-bond acceptors (Lipinski definition) is 4. The number of rotatable bonds is 4. The first-order chi connectivity index (χ1) is 14.5. The maximum atomic E-state index is 13.4. The van der Waals surface area contributed by atoms with Crippen LogP contribution in [0.3, 0.4) is 0 Å². The van der Waals surface area contributed by atoms with E-state index in [-0.39, 0.29) is 5.91 Å². The highest BCUT2D eigenvalue weighted by Crippen LogP contribution is 2.50.